The molecule has 11 nitrogen and oxygen atoms in total. The van der Waals surface area contributed by atoms with Crippen molar-refractivity contribution < 1.29 is 18.9 Å². The number of likely N-dealkylation sites (tertiary alicyclic amines) is 1. The van der Waals surface area contributed by atoms with E-state index in [9.17, 15) is 23.7 Å². The van der Waals surface area contributed by atoms with Crippen molar-refractivity contribution >= 4 is 28.8 Å². The fraction of sp³-hybridized carbons (Fsp3) is 0.438. The molecule has 1 fully saturated rings. The molecule has 1 saturated heterocycles. The largest absolute Gasteiger partial charge is 0.617 e. The fourth-order valence-corrected chi connectivity index (χ4v) is 6.43. The number of hydrogen-bond donors (Lipinski definition) is 1. The number of ether oxygens (including phenoxy) is 1. The number of hydrogen-bond acceptors (Lipinski definition) is 6. The number of nitrogens with one attached hydrogen (secondary N) is 1. The van der Waals surface area contributed by atoms with E-state index in [1.165, 1.54) is 17.0 Å². The Bertz CT molecular complexity index is 1670. The molecule has 0 aliphatic carbocycles. The number of aryl methyl sites for hydroxylation is 1. The first-order valence-corrected chi connectivity index (χ1v) is 16.5. The Labute approximate surface area is 259 Å². The van der Waals surface area contributed by atoms with Gasteiger partial charge in [0.25, 0.3) is 5.56 Å². The van der Waals surface area contributed by atoms with Crippen LogP contribution in [0.2, 0.25) is 0 Å². The fourth-order valence-electron chi connectivity index (χ4n) is 5.99. The Morgan fingerprint density at radius 3 is 2.52 bits per heavy atom. The van der Waals surface area contributed by atoms with E-state index >= 15 is 0 Å². The van der Waals surface area contributed by atoms with Crippen LogP contribution in [0.25, 0.3) is 11.1 Å². The Morgan fingerprint density at radius 1 is 1.07 bits per heavy atom. The molecule has 1 atom stereocenters. The van der Waals surface area contributed by atoms with Crippen LogP contribution in [0.5, 0.6) is 5.75 Å². The molecular formula is C32H39N5O6S. The van der Waals surface area contributed by atoms with Crippen LogP contribution in [0.15, 0.2) is 52.2 Å². The van der Waals surface area contributed by atoms with E-state index in [2.05, 4.69) is 5.32 Å². The summed E-state index contributed by atoms with van der Waals surface area (Å²) in [5.74, 6) is 0.658. The van der Waals surface area contributed by atoms with Gasteiger partial charge in [0.05, 0.1) is 25.5 Å². The highest BCUT2D eigenvalue weighted by atomic mass is 32.2. The van der Waals surface area contributed by atoms with Crippen LogP contribution in [-0.2, 0) is 35.5 Å². The van der Waals surface area contributed by atoms with Gasteiger partial charge in [-0.15, -0.1) is 0 Å². The molecule has 0 spiro atoms. The number of aromatic nitrogens is 2. The number of methoxy groups -OCH3 is 1. The number of rotatable bonds is 8. The Morgan fingerprint density at radius 2 is 1.82 bits per heavy atom. The van der Waals surface area contributed by atoms with Gasteiger partial charge in [0.1, 0.15) is 18.0 Å². The maximum absolute atomic E-state index is 13.5. The second-order valence-electron chi connectivity index (χ2n) is 11.4. The molecule has 234 valence electrons. The van der Waals surface area contributed by atoms with Gasteiger partial charge in [-0.2, -0.15) is 0 Å². The van der Waals surface area contributed by atoms with Gasteiger partial charge in [0, 0.05) is 37.6 Å². The molecule has 3 aromatic rings. The molecule has 0 bridgehead atoms. The van der Waals surface area contributed by atoms with Crippen molar-refractivity contribution in [2.45, 2.75) is 52.2 Å². The topological polar surface area (TPSA) is 129 Å². The zero-order valence-corrected chi connectivity index (χ0v) is 26.4. The average molecular weight is 622 g/mol. The van der Waals surface area contributed by atoms with E-state index in [0.717, 1.165) is 32.7 Å². The summed E-state index contributed by atoms with van der Waals surface area (Å²) < 4.78 is 19.5. The van der Waals surface area contributed by atoms with Crippen molar-refractivity contribution in [2.24, 2.45) is 0 Å². The van der Waals surface area contributed by atoms with Gasteiger partial charge < -0.3 is 24.4 Å². The summed E-state index contributed by atoms with van der Waals surface area (Å²) in [5, 5.41) is 3.01. The lowest BCUT2D eigenvalue weighted by molar-refractivity contribution is -0.133. The van der Waals surface area contributed by atoms with Gasteiger partial charge in [-0.1, -0.05) is 29.4 Å². The molecule has 5 rings (SSSR count). The predicted molar refractivity (Wildman–Crippen MR) is 171 cm³/mol. The number of amides is 3. The number of carbonyl (C=O) groups excluding carboxylic acids is 2. The summed E-state index contributed by atoms with van der Waals surface area (Å²) in [5.41, 5.74) is 3.66. The number of nitrogens with zero attached hydrogens (tertiary/aromatic N) is 4. The second kappa shape index (κ2) is 13.3. The third kappa shape index (κ3) is 6.56. The van der Waals surface area contributed by atoms with Gasteiger partial charge in [-0.25, -0.2) is 9.59 Å². The quantitative estimate of drug-likeness (QED) is 0.385. The van der Waals surface area contributed by atoms with Crippen LogP contribution in [0.3, 0.4) is 0 Å². The minimum atomic E-state index is -1.21. The van der Waals surface area contributed by atoms with Gasteiger partial charge in [-0.05, 0) is 73.6 Å². The molecule has 0 radical (unpaired) electrons. The third-order valence-corrected chi connectivity index (χ3v) is 9.49. The normalized spacial score (nSPS) is 16.2. The van der Waals surface area contributed by atoms with Gasteiger partial charge >= 0.3 is 11.7 Å². The van der Waals surface area contributed by atoms with E-state index in [1.54, 1.807) is 12.0 Å². The lowest BCUT2D eigenvalue weighted by Crippen LogP contribution is -2.51. The molecule has 2 aliphatic heterocycles. The standard InChI is InChI=1S/C32H39N5O6S/c1-21-6-5-7-26(22(21)2)27-19-35(32(41)37(30(27)39)16-17-44(4)42)20-29(38)34-13-11-24(12-14-34)36-15-10-23-18-25(43-3)8-9-28(23)33-31(36)40/h5-9,18-19,24H,10-17,20H2,1-4H3,(H,33,40). The van der Waals surface area contributed by atoms with E-state index in [-0.39, 0.29) is 36.8 Å². The molecule has 44 heavy (non-hydrogen) atoms. The first-order valence-electron chi connectivity index (χ1n) is 14.8. The first kappa shape index (κ1) is 31.4. The molecule has 1 N–H and O–H groups in total. The highest BCUT2D eigenvalue weighted by Gasteiger charge is 2.32. The Balaban J connectivity index is 1.31. The van der Waals surface area contributed by atoms with Crippen LogP contribution in [0, 0.1) is 13.8 Å². The van der Waals surface area contributed by atoms with Crippen LogP contribution in [0.4, 0.5) is 10.5 Å². The van der Waals surface area contributed by atoms with Crippen molar-refractivity contribution in [3.63, 3.8) is 0 Å². The molecule has 3 amide bonds. The van der Waals surface area contributed by atoms with Crippen LogP contribution in [-0.4, -0.2) is 80.2 Å². The highest BCUT2D eigenvalue weighted by molar-refractivity contribution is 7.90. The summed E-state index contributed by atoms with van der Waals surface area (Å²) in [6.45, 7) is 5.09. The maximum atomic E-state index is 13.5. The van der Waals surface area contributed by atoms with Gasteiger partial charge in [0.15, 0.2) is 0 Å². The SMILES string of the molecule is COc1ccc2c(c1)CCN(C1CCN(C(=O)Cn3cc(-c4cccc(C)c4C)c(=O)n(CC[S+](C)[O-])c3=O)CC1)C(=O)N2. The predicted octanol–water partition coefficient (Wildman–Crippen LogP) is 2.76. The number of urea groups is 1. The van der Waals surface area contributed by atoms with Crippen LogP contribution < -0.4 is 21.3 Å². The molecule has 2 aliphatic rings. The van der Waals surface area contributed by atoms with Crippen molar-refractivity contribution in [1.29, 1.82) is 0 Å². The maximum Gasteiger partial charge on any atom is 0.331 e. The zero-order valence-electron chi connectivity index (χ0n) is 25.6. The van der Waals surface area contributed by atoms with Gasteiger partial charge in [0.2, 0.25) is 5.91 Å². The molecule has 3 heterocycles. The van der Waals surface area contributed by atoms with Crippen molar-refractivity contribution in [2.75, 3.05) is 44.1 Å². The van der Waals surface area contributed by atoms with Crippen LogP contribution >= 0.6 is 0 Å². The van der Waals surface area contributed by atoms with Crippen molar-refractivity contribution in [3.05, 3.63) is 80.1 Å². The second-order valence-corrected chi connectivity index (χ2v) is 13.0. The molecular weight excluding hydrogens is 582 g/mol. The molecule has 1 unspecified atom stereocenters. The number of fused-ring (bicyclic) bond motifs is 1. The minimum absolute atomic E-state index is 0.00634. The lowest BCUT2D eigenvalue weighted by atomic mass is 9.99. The third-order valence-electron chi connectivity index (χ3n) is 8.73. The smallest absolute Gasteiger partial charge is 0.331 e. The number of carbonyl (C=O) groups is 2. The summed E-state index contributed by atoms with van der Waals surface area (Å²) in [6, 6.07) is 11.1. The zero-order chi connectivity index (χ0) is 31.5. The van der Waals surface area contributed by atoms with Gasteiger partial charge in [-0.3, -0.25) is 18.7 Å². The molecule has 2 aromatic carbocycles. The van der Waals surface area contributed by atoms with Crippen molar-refractivity contribution in [1.82, 2.24) is 18.9 Å². The molecule has 0 saturated carbocycles. The first-order chi connectivity index (χ1) is 21.1. The summed E-state index contributed by atoms with van der Waals surface area (Å²) in [4.78, 5) is 57.0. The number of piperidine rings is 1. The monoisotopic (exact) mass is 621 g/mol. The number of anilines is 1. The molecule has 1 aromatic heterocycles. The Kier molecular flexibility index (Phi) is 9.50. The van der Waals surface area contributed by atoms with Crippen molar-refractivity contribution in [3.8, 4) is 16.9 Å². The minimum Gasteiger partial charge on any atom is -0.617 e. The van der Waals surface area contributed by atoms with E-state index in [1.807, 2.05) is 55.1 Å². The lowest BCUT2D eigenvalue weighted by Gasteiger charge is -2.38. The average Bonchev–Trinajstić information content (AvgIpc) is 3.17. The van der Waals surface area contributed by atoms with Crippen LogP contribution in [0.1, 0.15) is 29.5 Å². The summed E-state index contributed by atoms with van der Waals surface area (Å²) >= 11 is -1.21. The summed E-state index contributed by atoms with van der Waals surface area (Å²) in [6.07, 6.45) is 4.92. The van der Waals surface area contributed by atoms with E-state index in [4.69, 9.17) is 4.74 Å². The molecule has 12 heteroatoms. The summed E-state index contributed by atoms with van der Waals surface area (Å²) in [7, 11) is 1.62. The Hall–Kier alpha value is -4.03. The van der Waals surface area contributed by atoms with E-state index in [0.29, 0.717) is 50.0 Å². The van der Waals surface area contributed by atoms with E-state index < -0.39 is 22.4 Å². The number of benzene rings is 2. The highest BCUT2D eigenvalue weighted by Crippen LogP contribution is 2.28.